The van der Waals surface area contributed by atoms with Gasteiger partial charge in [0.25, 0.3) is 0 Å². The molecule has 7 heteroatoms. The molecule has 0 atom stereocenters. The number of nitrogens with one attached hydrogen (secondary N) is 1. The van der Waals surface area contributed by atoms with E-state index >= 15 is 0 Å². The first-order valence-corrected chi connectivity index (χ1v) is 8.46. The first-order valence-electron chi connectivity index (χ1n) is 8.46. The molecule has 0 unspecified atom stereocenters. The van der Waals surface area contributed by atoms with Crippen LogP contribution in [-0.2, 0) is 17.9 Å². The maximum Gasteiger partial charge on any atom is 0.234 e. The minimum atomic E-state index is -0.278. The molecule has 27 heavy (non-hydrogen) atoms. The molecule has 0 saturated heterocycles. The first-order chi connectivity index (χ1) is 13.0. The van der Waals surface area contributed by atoms with Crippen LogP contribution in [0.4, 0.5) is 4.39 Å². The molecule has 0 aliphatic heterocycles. The molecule has 146 valence electrons. The molecule has 0 aliphatic rings. The molecule has 1 amide bonds. The number of rotatable bonds is 9. The van der Waals surface area contributed by atoms with Crippen LogP contribution in [0.15, 0.2) is 36.4 Å². The number of halogens is 1. The Hall–Kier alpha value is -2.80. The zero-order valence-corrected chi connectivity index (χ0v) is 16.0. The molecule has 2 aromatic carbocycles. The van der Waals surface area contributed by atoms with Crippen molar-refractivity contribution in [2.24, 2.45) is 0 Å². The van der Waals surface area contributed by atoms with Crippen molar-refractivity contribution in [3.05, 3.63) is 53.3 Å². The van der Waals surface area contributed by atoms with Crippen LogP contribution in [-0.4, -0.2) is 45.7 Å². The third kappa shape index (κ3) is 5.59. The van der Waals surface area contributed by atoms with Crippen molar-refractivity contribution in [2.45, 2.75) is 13.1 Å². The van der Waals surface area contributed by atoms with Gasteiger partial charge in [-0.1, -0.05) is 18.2 Å². The number of carbonyl (C=O) groups excluding carboxylic acids is 1. The second kappa shape index (κ2) is 9.78. The molecule has 6 nitrogen and oxygen atoms in total. The Balaban J connectivity index is 1.96. The van der Waals surface area contributed by atoms with E-state index in [2.05, 4.69) is 5.32 Å². The smallest absolute Gasteiger partial charge is 0.234 e. The highest BCUT2D eigenvalue weighted by Gasteiger charge is 2.14. The van der Waals surface area contributed by atoms with Gasteiger partial charge in [-0.15, -0.1) is 0 Å². The second-order valence-electron chi connectivity index (χ2n) is 6.06. The normalized spacial score (nSPS) is 10.6. The van der Waals surface area contributed by atoms with Crippen LogP contribution in [0.1, 0.15) is 11.1 Å². The minimum Gasteiger partial charge on any atom is -0.496 e. The summed E-state index contributed by atoms with van der Waals surface area (Å²) in [6.45, 7) is 0.764. The maximum absolute atomic E-state index is 13.7. The zero-order chi connectivity index (χ0) is 19.8. The average molecular weight is 376 g/mol. The van der Waals surface area contributed by atoms with E-state index in [0.717, 1.165) is 5.56 Å². The number of hydrogen-bond acceptors (Lipinski definition) is 5. The highest BCUT2D eigenvalue weighted by atomic mass is 19.1. The maximum atomic E-state index is 13.7. The lowest BCUT2D eigenvalue weighted by molar-refractivity contribution is -0.122. The van der Waals surface area contributed by atoms with Crippen molar-refractivity contribution in [3.63, 3.8) is 0 Å². The summed E-state index contributed by atoms with van der Waals surface area (Å²) in [7, 11) is 6.41. The summed E-state index contributed by atoms with van der Waals surface area (Å²) in [5.74, 6) is 1.24. The Morgan fingerprint density at radius 2 is 1.63 bits per heavy atom. The summed E-state index contributed by atoms with van der Waals surface area (Å²) in [6, 6.07) is 10.0. The van der Waals surface area contributed by atoms with Crippen molar-refractivity contribution in [1.82, 2.24) is 10.2 Å². The lowest BCUT2D eigenvalue weighted by Gasteiger charge is -2.18. The molecule has 0 spiro atoms. The molecule has 0 bridgehead atoms. The minimum absolute atomic E-state index is 0.143. The fourth-order valence-electron chi connectivity index (χ4n) is 2.70. The molecule has 0 fully saturated rings. The van der Waals surface area contributed by atoms with Gasteiger partial charge < -0.3 is 19.5 Å². The van der Waals surface area contributed by atoms with Crippen molar-refractivity contribution >= 4 is 5.91 Å². The van der Waals surface area contributed by atoms with Gasteiger partial charge >= 0.3 is 0 Å². The largest absolute Gasteiger partial charge is 0.496 e. The van der Waals surface area contributed by atoms with Gasteiger partial charge in [0.15, 0.2) is 11.5 Å². The van der Waals surface area contributed by atoms with Crippen LogP contribution >= 0.6 is 0 Å². The molecule has 2 aromatic rings. The predicted molar refractivity (Wildman–Crippen MR) is 101 cm³/mol. The number of ether oxygens (including phenoxy) is 3. The summed E-state index contributed by atoms with van der Waals surface area (Å²) in [6.07, 6.45) is 0. The number of methoxy groups -OCH3 is 3. The number of hydrogen-bond donors (Lipinski definition) is 1. The fourth-order valence-corrected chi connectivity index (χ4v) is 2.70. The van der Waals surface area contributed by atoms with Crippen LogP contribution in [0.25, 0.3) is 0 Å². The quantitative estimate of drug-likeness (QED) is 0.729. The van der Waals surface area contributed by atoms with Gasteiger partial charge in [-0.2, -0.15) is 0 Å². The van der Waals surface area contributed by atoms with E-state index in [-0.39, 0.29) is 24.8 Å². The number of likely N-dealkylation sites (N-methyl/N-ethyl adjacent to an activating group) is 1. The first kappa shape index (κ1) is 20.5. The van der Waals surface area contributed by atoms with Gasteiger partial charge in [0.2, 0.25) is 5.91 Å². The van der Waals surface area contributed by atoms with Gasteiger partial charge in [-0.05, 0) is 19.2 Å². The summed E-state index contributed by atoms with van der Waals surface area (Å²) < 4.78 is 29.6. The van der Waals surface area contributed by atoms with Gasteiger partial charge in [0.05, 0.1) is 27.9 Å². The summed E-state index contributed by atoms with van der Waals surface area (Å²) in [5, 5.41) is 2.84. The van der Waals surface area contributed by atoms with Crippen LogP contribution in [0.3, 0.4) is 0 Å². The Kier molecular flexibility index (Phi) is 7.43. The molecule has 0 radical (unpaired) electrons. The van der Waals surface area contributed by atoms with Crippen molar-refractivity contribution in [3.8, 4) is 17.2 Å². The average Bonchev–Trinajstić information content (AvgIpc) is 2.67. The van der Waals surface area contributed by atoms with Crippen LogP contribution in [0.5, 0.6) is 17.2 Å². The SMILES string of the molecule is COc1cc(OC)c(OC)cc1CNC(=O)CN(C)Cc1ccccc1F. The Bertz CT molecular complexity index is 783. The Labute approximate surface area is 158 Å². The summed E-state index contributed by atoms with van der Waals surface area (Å²) in [5.41, 5.74) is 1.31. The van der Waals surface area contributed by atoms with E-state index in [1.54, 1.807) is 63.6 Å². The molecule has 1 N–H and O–H groups in total. The number of nitrogens with zero attached hydrogens (tertiary/aromatic N) is 1. The molecular formula is C20H25FN2O4. The Morgan fingerprint density at radius 3 is 2.26 bits per heavy atom. The molecule has 0 saturated carbocycles. The van der Waals surface area contributed by atoms with Crippen LogP contribution < -0.4 is 19.5 Å². The lowest BCUT2D eigenvalue weighted by Crippen LogP contribution is -2.34. The second-order valence-corrected chi connectivity index (χ2v) is 6.06. The van der Waals surface area contributed by atoms with E-state index in [4.69, 9.17) is 14.2 Å². The van der Waals surface area contributed by atoms with Crippen LogP contribution in [0, 0.1) is 5.82 Å². The van der Waals surface area contributed by atoms with Crippen molar-refractivity contribution in [2.75, 3.05) is 34.9 Å². The number of benzene rings is 2. The number of carbonyl (C=O) groups is 1. The fraction of sp³-hybridized carbons (Fsp3) is 0.350. The van der Waals surface area contributed by atoms with Crippen molar-refractivity contribution < 1.29 is 23.4 Å². The topological polar surface area (TPSA) is 60.0 Å². The molecule has 0 heterocycles. The number of amides is 1. The van der Waals surface area contributed by atoms with E-state index in [0.29, 0.717) is 29.4 Å². The molecule has 0 aliphatic carbocycles. The monoisotopic (exact) mass is 376 g/mol. The highest BCUT2D eigenvalue weighted by Crippen LogP contribution is 2.34. The molecular weight excluding hydrogens is 351 g/mol. The van der Waals surface area contributed by atoms with Crippen molar-refractivity contribution in [1.29, 1.82) is 0 Å². The summed E-state index contributed by atoms with van der Waals surface area (Å²) in [4.78, 5) is 14.0. The lowest BCUT2D eigenvalue weighted by atomic mass is 10.1. The third-order valence-corrected chi connectivity index (χ3v) is 4.07. The van der Waals surface area contributed by atoms with Crippen LogP contribution in [0.2, 0.25) is 0 Å². The third-order valence-electron chi connectivity index (χ3n) is 4.07. The van der Waals surface area contributed by atoms with E-state index in [9.17, 15) is 9.18 Å². The highest BCUT2D eigenvalue weighted by molar-refractivity contribution is 5.78. The van der Waals surface area contributed by atoms with E-state index in [1.165, 1.54) is 6.07 Å². The molecule has 2 rings (SSSR count). The van der Waals surface area contributed by atoms with Gasteiger partial charge in [-0.25, -0.2) is 4.39 Å². The molecule has 0 aromatic heterocycles. The van der Waals surface area contributed by atoms with Gasteiger partial charge in [0.1, 0.15) is 11.6 Å². The predicted octanol–water partition coefficient (Wildman–Crippen LogP) is 2.60. The van der Waals surface area contributed by atoms with E-state index < -0.39 is 0 Å². The standard InChI is InChI=1S/C20H25FN2O4/c1-23(12-14-7-5-6-8-16(14)21)13-20(24)22-11-15-9-18(26-3)19(27-4)10-17(15)25-2/h5-10H,11-13H2,1-4H3,(H,22,24). The Morgan fingerprint density at radius 1 is 1.00 bits per heavy atom. The van der Waals surface area contributed by atoms with E-state index in [1.807, 2.05) is 0 Å². The summed E-state index contributed by atoms with van der Waals surface area (Å²) >= 11 is 0. The zero-order valence-electron chi connectivity index (χ0n) is 16.0. The van der Waals surface area contributed by atoms with Gasteiger partial charge in [-0.3, -0.25) is 9.69 Å². The van der Waals surface area contributed by atoms with Gasteiger partial charge in [0, 0.05) is 30.3 Å².